The summed E-state index contributed by atoms with van der Waals surface area (Å²) >= 11 is 0. The molecule has 0 aromatic rings. The minimum atomic E-state index is -4.92. The summed E-state index contributed by atoms with van der Waals surface area (Å²) < 4.78 is 135. The predicted molar refractivity (Wildman–Crippen MR) is 196 cm³/mol. The lowest BCUT2D eigenvalue weighted by Crippen LogP contribution is -2.91. The van der Waals surface area contributed by atoms with Crippen LogP contribution in [0.5, 0.6) is 0 Å². The van der Waals surface area contributed by atoms with Gasteiger partial charge in [0.25, 0.3) is 0 Å². The fourth-order valence-electron chi connectivity index (χ4n) is 5.22. The molecule has 6 fully saturated rings. The second-order valence-electron chi connectivity index (χ2n) is 14.6. The van der Waals surface area contributed by atoms with E-state index in [0.29, 0.717) is 0 Å². The molecule has 0 atom stereocenters. The van der Waals surface area contributed by atoms with Gasteiger partial charge < -0.3 is 84.8 Å². The summed E-state index contributed by atoms with van der Waals surface area (Å²) in [6.45, 7) is 27.9. The van der Waals surface area contributed by atoms with E-state index in [1.807, 2.05) is 0 Å². The number of hydrogen-bond donors (Lipinski definition) is 0. The van der Waals surface area contributed by atoms with Gasteiger partial charge in [-0.15, -0.1) is 0 Å². The molecule has 0 N–H and O–H groups in total. The Hall–Kier alpha value is 0.935. The monoisotopic (exact) mass is 904 g/mol. The molecule has 6 heterocycles. The molecule has 6 saturated heterocycles. The molecule has 6 aliphatic rings. The molecule has 28 heteroatoms. The van der Waals surface area contributed by atoms with Gasteiger partial charge in [-0.2, -0.15) is 0 Å². The van der Waals surface area contributed by atoms with Gasteiger partial charge in [0.1, 0.15) is 0 Å². The molecule has 53 heavy (non-hydrogen) atoms. The van der Waals surface area contributed by atoms with Gasteiger partial charge >= 0.3 is 72.4 Å². The van der Waals surface area contributed by atoms with Crippen LogP contribution < -0.4 is 0 Å². The van der Waals surface area contributed by atoms with Gasteiger partial charge in [-0.3, -0.25) is 0 Å². The Morgan fingerprint density at radius 2 is 0.283 bits per heavy atom. The lowest BCUT2D eigenvalue weighted by atomic mass is 10.5. The Morgan fingerprint density at radius 3 is 0.340 bits per heavy atom. The van der Waals surface area contributed by atoms with Crippen LogP contribution >= 0.6 is 0 Å². The Morgan fingerprint density at radius 1 is 0.208 bits per heavy atom. The molecule has 312 valence electrons. The number of hydrogen-bond acceptors (Lipinski definition) is 20. The third-order valence-corrected chi connectivity index (χ3v) is 36.1. The minimum absolute atomic E-state index is 0. The molecule has 20 nitrogen and oxygen atoms in total. The van der Waals surface area contributed by atoms with Crippen LogP contribution in [0.4, 0.5) is 0 Å². The molecule has 0 spiro atoms. The van der Waals surface area contributed by atoms with E-state index < -0.39 is 121 Å². The molecular weight excluding hydrogens is 845 g/mol. The second kappa shape index (κ2) is 16.5. The summed E-state index contributed by atoms with van der Waals surface area (Å²) in [5.74, 6) is 0. The molecule has 0 saturated carbocycles. The van der Waals surface area contributed by atoms with Crippen molar-refractivity contribution in [2.75, 3.05) is 0 Å². The first-order valence-electron chi connectivity index (χ1n) is 17.7. The highest BCUT2D eigenvalue weighted by Gasteiger charge is 2.92. The van der Waals surface area contributed by atoms with E-state index in [0.717, 1.165) is 0 Å². The van der Waals surface area contributed by atoms with Crippen LogP contribution in [-0.2, 0) is 84.8 Å². The lowest BCUT2D eigenvalue weighted by molar-refractivity contribution is -0.180. The van der Waals surface area contributed by atoms with Gasteiger partial charge in [-0.05, 0) is 111 Å². The molecular formula is C25H60O20Si8. The fraction of sp³-hybridized carbons (Fsp3) is 1.00. The average molecular weight is 905 g/mol. The predicted octanol–water partition coefficient (Wildman–Crippen LogP) is 3.77. The van der Waals surface area contributed by atoms with Crippen molar-refractivity contribution in [3.8, 4) is 0 Å². The Bertz CT molecular complexity index is 902. The van der Waals surface area contributed by atoms with Crippen LogP contribution in [0.2, 0.25) is 0 Å². The van der Waals surface area contributed by atoms with E-state index in [4.69, 9.17) is 84.8 Å². The topological polar surface area (TPSA) is 185 Å². The molecule has 8 bridgehead atoms. The van der Waals surface area contributed by atoms with E-state index >= 15 is 0 Å². The molecule has 6 rings (SSSR count). The van der Waals surface area contributed by atoms with Crippen molar-refractivity contribution in [1.29, 1.82) is 0 Å². The fourth-order valence-corrected chi connectivity index (χ4v) is 42.2. The van der Waals surface area contributed by atoms with Crippen molar-refractivity contribution < 1.29 is 84.8 Å². The molecule has 0 unspecified atom stereocenters. The molecule has 0 radical (unpaired) electrons. The van der Waals surface area contributed by atoms with Crippen LogP contribution in [0, 0.1) is 0 Å². The summed E-state index contributed by atoms with van der Waals surface area (Å²) in [6.07, 6.45) is -5.05. The van der Waals surface area contributed by atoms with Gasteiger partial charge in [0.05, 0.1) is 0 Å². The van der Waals surface area contributed by atoms with E-state index in [1.54, 1.807) is 111 Å². The van der Waals surface area contributed by atoms with Gasteiger partial charge in [0.15, 0.2) is 0 Å². The summed E-state index contributed by atoms with van der Waals surface area (Å²) in [6, 6.07) is 0. The third-order valence-electron chi connectivity index (χ3n) is 6.04. The molecule has 0 aromatic heterocycles. The van der Waals surface area contributed by atoms with Crippen molar-refractivity contribution in [3.05, 3.63) is 0 Å². The summed E-state index contributed by atoms with van der Waals surface area (Å²) in [7, 11) is -39.4. The normalized spacial score (nSPS) is 41.2. The SMILES string of the molecule is C.CC(C)O[Si]12O[Si]3(OC(C)C)O[Si]4(OC(C)C)O[Si](OC(C)C)(O1)O[Si]1(OC(C)C)O[Si](OC(C)C)(O2)O[Si](OC(C)C)(O3)O[Si](OC(C)C)(O4)O1. The van der Waals surface area contributed by atoms with Crippen molar-refractivity contribution in [3.63, 3.8) is 0 Å². The average Bonchev–Trinajstić information content (AvgIpc) is 2.79. The maximum atomic E-state index is 6.90. The molecule has 0 aliphatic carbocycles. The lowest BCUT2D eigenvalue weighted by Gasteiger charge is -2.58. The third kappa shape index (κ3) is 10.8. The van der Waals surface area contributed by atoms with Gasteiger partial charge in [0, 0.05) is 48.8 Å². The molecule has 0 aromatic carbocycles. The minimum Gasteiger partial charge on any atom is -0.350 e. The van der Waals surface area contributed by atoms with E-state index in [9.17, 15) is 0 Å². The van der Waals surface area contributed by atoms with E-state index in [2.05, 4.69) is 0 Å². The van der Waals surface area contributed by atoms with Crippen LogP contribution in [0.25, 0.3) is 0 Å². The summed E-state index contributed by atoms with van der Waals surface area (Å²) in [4.78, 5) is 0. The first-order chi connectivity index (χ1) is 23.8. The van der Waals surface area contributed by atoms with Gasteiger partial charge in [-0.25, -0.2) is 0 Å². The van der Waals surface area contributed by atoms with Crippen LogP contribution in [0.3, 0.4) is 0 Å². The van der Waals surface area contributed by atoms with Crippen molar-refractivity contribution in [2.45, 2.75) is 167 Å². The zero-order valence-electron chi connectivity index (χ0n) is 32.8. The zero-order chi connectivity index (χ0) is 38.8. The molecule has 0 amide bonds. The first kappa shape index (κ1) is 46.6. The van der Waals surface area contributed by atoms with Gasteiger partial charge in [-0.1, -0.05) is 7.43 Å². The Labute approximate surface area is 323 Å². The molecule has 6 aliphatic heterocycles. The van der Waals surface area contributed by atoms with Crippen LogP contribution in [0.15, 0.2) is 0 Å². The summed E-state index contributed by atoms with van der Waals surface area (Å²) in [5.41, 5.74) is 0. The zero-order valence-corrected chi connectivity index (χ0v) is 40.8. The highest BCUT2D eigenvalue weighted by molar-refractivity contribution is 6.97. The van der Waals surface area contributed by atoms with E-state index in [1.165, 1.54) is 0 Å². The quantitative estimate of drug-likeness (QED) is 0.204. The highest BCUT2D eigenvalue weighted by Crippen LogP contribution is 2.51. The largest absolute Gasteiger partial charge is 0.662 e. The van der Waals surface area contributed by atoms with Crippen molar-refractivity contribution >= 4 is 72.4 Å². The second-order valence-corrected chi connectivity index (χ2v) is 34.2. The summed E-state index contributed by atoms with van der Waals surface area (Å²) in [5, 5.41) is 0. The maximum absolute atomic E-state index is 6.90. The standard InChI is InChI=1S/C24H56O20Si8.CH4/c1-17(2)25-45-33-46(26-18(3)4)36-49(29-21(9)10)38-47(34-45,27-19(5)6)40-51(31-23(13)14)41-48(35-45,28-20(7)8)39-50(37-46,30-22(11)12)43-52(42-49,44-51)32-24(15)16;/h17-24H,1-16H3;1H4. The van der Waals surface area contributed by atoms with E-state index in [-0.39, 0.29) is 7.43 Å². The number of rotatable bonds is 16. The van der Waals surface area contributed by atoms with Crippen molar-refractivity contribution in [2.24, 2.45) is 0 Å². The smallest absolute Gasteiger partial charge is 0.350 e. The highest BCUT2D eigenvalue weighted by atomic mass is 28.7. The van der Waals surface area contributed by atoms with Crippen molar-refractivity contribution in [1.82, 2.24) is 0 Å². The maximum Gasteiger partial charge on any atom is 0.662 e. The van der Waals surface area contributed by atoms with Gasteiger partial charge in [0.2, 0.25) is 0 Å². The Balaban J connectivity index is 0.00000627. The van der Waals surface area contributed by atoms with Crippen LogP contribution in [0.1, 0.15) is 118 Å². The first-order valence-corrected chi connectivity index (χ1v) is 30.7. The van der Waals surface area contributed by atoms with Crippen LogP contribution in [-0.4, -0.2) is 121 Å². The Kier molecular flexibility index (Phi) is 14.5.